The molecule has 0 aromatic carbocycles. The number of rotatable bonds is 5. The molecule has 2 unspecified atom stereocenters. The summed E-state index contributed by atoms with van der Waals surface area (Å²) in [4.78, 5) is 0. The molecule has 2 nitrogen and oxygen atoms in total. The van der Waals surface area contributed by atoms with Crippen molar-refractivity contribution in [2.75, 3.05) is 20.1 Å². The highest BCUT2D eigenvalue weighted by atomic mass is 15.5. The first-order valence-electron chi connectivity index (χ1n) is 6.22. The predicted octanol–water partition coefficient (Wildman–Crippen LogP) is 2.66. The summed E-state index contributed by atoms with van der Waals surface area (Å²) >= 11 is 0. The summed E-state index contributed by atoms with van der Waals surface area (Å²) in [5.41, 5.74) is 3.37. The van der Waals surface area contributed by atoms with E-state index in [1.807, 2.05) is 0 Å². The minimum Gasteiger partial charge on any atom is -0.256 e. The quantitative estimate of drug-likeness (QED) is 0.683. The highest BCUT2D eigenvalue weighted by molar-refractivity contribution is 4.75. The van der Waals surface area contributed by atoms with E-state index in [-0.39, 0.29) is 0 Å². The normalized spacial score (nSPS) is 28.3. The SMILES string of the molecule is CCNN(C)CC1CCCCC1CC. The summed E-state index contributed by atoms with van der Waals surface area (Å²) in [6, 6.07) is 0. The van der Waals surface area contributed by atoms with Gasteiger partial charge in [0.25, 0.3) is 0 Å². The Balaban J connectivity index is 2.32. The van der Waals surface area contributed by atoms with Crippen LogP contribution < -0.4 is 5.43 Å². The molecule has 0 heterocycles. The fourth-order valence-electron chi connectivity index (χ4n) is 2.75. The van der Waals surface area contributed by atoms with E-state index in [1.54, 1.807) is 0 Å². The van der Waals surface area contributed by atoms with E-state index < -0.39 is 0 Å². The molecule has 0 aliphatic heterocycles. The molecule has 2 atom stereocenters. The molecular formula is C12H26N2. The van der Waals surface area contributed by atoms with Gasteiger partial charge >= 0.3 is 0 Å². The summed E-state index contributed by atoms with van der Waals surface area (Å²) in [6.07, 6.45) is 7.17. The molecule has 1 fully saturated rings. The molecule has 0 amide bonds. The second-order valence-corrected chi connectivity index (χ2v) is 4.61. The average Bonchev–Trinajstić information content (AvgIpc) is 2.19. The minimum absolute atomic E-state index is 0.929. The van der Waals surface area contributed by atoms with Crippen LogP contribution in [0, 0.1) is 11.8 Å². The molecule has 1 saturated carbocycles. The molecule has 14 heavy (non-hydrogen) atoms. The minimum atomic E-state index is 0.929. The van der Waals surface area contributed by atoms with Gasteiger partial charge in [-0.2, -0.15) is 0 Å². The first-order chi connectivity index (χ1) is 6.77. The van der Waals surface area contributed by atoms with Crippen LogP contribution in [0.25, 0.3) is 0 Å². The van der Waals surface area contributed by atoms with E-state index in [4.69, 9.17) is 0 Å². The molecule has 1 aliphatic rings. The lowest BCUT2D eigenvalue weighted by Crippen LogP contribution is -2.40. The highest BCUT2D eigenvalue weighted by Gasteiger charge is 2.24. The molecule has 0 spiro atoms. The third kappa shape index (κ3) is 3.58. The van der Waals surface area contributed by atoms with Gasteiger partial charge in [-0.1, -0.05) is 39.5 Å². The molecule has 0 aromatic heterocycles. The fraction of sp³-hybridized carbons (Fsp3) is 1.00. The monoisotopic (exact) mass is 198 g/mol. The van der Waals surface area contributed by atoms with Crippen LogP contribution in [0.3, 0.4) is 0 Å². The predicted molar refractivity (Wildman–Crippen MR) is 62.0 cm³/mol. The van der Waals surface area contributed by atoms with Crippen molar-refractivity contribution in [1.82, 2.24) is 10.4 Å². The van der Waals surface area contributed by atoms with Gasteiger partial charge in [0, 0.05) is 20.1 Å². The number of nitrogens with one attached hydrogen (secondary N) is 1. The van der Waals surface area contributed by atoms with Crippen molar-refractivity contribution < 1.29 is 0 Å². The van der Waals surface area contributed by atoms with Crippen molar-refractivity contribution in [3.05, 3.63) is 0 Å². The molecule has 0 saturated heterocycles. The van der Waals surface area contributed by atoms with Crippen LogP contribution in [0.15, 0.2) is 0 Å². The molecule has 1 aliphatic carbocycles. The Morgan fingerprint density at radius 3 is 2.36 bits per heavy atom. The van der Waals surface area contributed by atoms with E-state index >= 15 is 0 Å². The smallest absolute Gasteiger partial charge is 0.0158 e. The molecule has 84 valence electrons. The first kappa shape index (κ1) is 12.0. The lowest BCUT2D eigenvalue weighted by molar-refractivity contribution is 0.133. The molecule has 2 heteroatoms. The maximum absolute atomic E-state index is 3.37. The Bertz CT molecular complexity index is 147. The van der Waals surface area contributed by atoms with Gasteiger partial charge in [-0.05, 0) is 18.3 Å². The first-order valence-corrected chi connectivity index (χ1v) is 6.22. The number of hydrogen-bond donors (Lipinski definition) is 1. The third-order valence-corrected chi connectivity index (χ3v) is 3.53. The van der Waals surface area contributed by atoms with E-state index in [2.05, 4.69) is 31.3 Å². The number of hydrazine groups is 1. The topological polar surface area (TPSA) is 15.3 Å². The average molecular weight is 198 g/mol. The lowest BCUT2D eigenvalue weighted by atomic mass is 9.78. The van der Waals surface area contributed by atoms with Crippen LogP contribution in [-0.4, -0.2) is 25.1 Å². The van der Waals surface area contributed by atoms with Gasteiger partial charge in [0.05, 0.1) is 0 Å². The maximum Gasteiger partial charge on any atom is 0.0158 e. The molecular weight excluding hydrogens is 172 g/mol. The van der Waals surface area contributed by atoms with Crippen molar-refractivity contribution in [2.45, 2.75) is 46.0 Å². The summed E-state index contributed by atoms with van der Waals surface area (Å²) < 4.78 is 0. The van der Waals surface area contributed by atoms with Crippen molar-refractivity contribution >= 4 is 0 Å². The molecule has 1 N–H and O–H groups in total. The Kier molecular flexibility index (Phi) is 5.49. The van der Waals surface area contributed by atoms with Crippen LogP contribution >= 0.6 is 0 Å². The zero-order valence-electron chi connectivity index (χ0n) is 10.1. The van der Waals surface area contributed by atoms with Gasteiger partial charge in [0.15, 0.2) is 0 Å². The Morgan fingerprint density at radius 1 is 1.14 bits per heavy atom. The fourth-order valence-corrected chi connectivity index (χ4v) is 2.75. The van der Waals surface area contributed by atoms with Crippen molar-refractivity contribution in [1.29, 1.82) is 0 Å². The van der Waals surface area contributed by atoms with Crippen LogP contribution in [0.2, 0.25) is 0 Å². The van der Waals surface area contributed by atoms with Gasteiger partial charge < -0.3 is 0 Å². The summed E-state index contributed by atoms with van der Waals surface area (Å²) in [7, 11) is 2.17. The van der Waals surface area contributed by atoms with Crippen molar-refractivity contribution in [2.24, 2.45) is 11.8 Å². The Hall–Kier alpha value is -0.0800. The van der Waals surface area contributed by atoms with Gasteiger partial charge in [-0.15, -0.1) is 0 Å². The van der Waals surface area contributed by atoms with Gasteiger partial charge in [-0.25, -0.2) is 5.01 Å². The number of nitrogens with zero attached hydrogens (tertiary/aromatic N) is 1. The van der Waals surface area contributed by atoms with E-state index in [0.29, 0.717) is 0 Å². The highest BCUT2D eigenvalue weighted by Crippen LogP contribution is 2.32. The largest absolute Gasteiger partial charge is 0.256 e. The van der Waals surface area contributed by atoms with E-state index in [0.717, 1.165) is 18.4 Å². The van der Waals surface area contributed by atoms with Gasteiger partial charge in [-0.3, -0.25) is 5.43 Å². The second-order valence-electron chi connectivity index (χ2n) is 4.61. The zero-order valence-corrected chi connectivity index (χ0v) is 10.1. The van der Waals surface area contributed by atoms with Crippen LogP contribution in [-0.2, 0) is 0 Å². The summed E-state index contributed by atoms with van der Waals surface area (Å²) in [6.45, 7) is 6.78. The second kappa shape index (κ2) is 6.41. The third-order valence-electron chi connectivity index (χ3n) is 3.53. The standard InChI is InChI=1S/C12H26N2/c1-4-11-8-6-7-9-12(11)10-14(3)13-5-2/h11-13H,4-10H2,1-3H3. The van der Waals surface area contributed by atoms with Crippen molar-refractivity contribution in [3.63, 3.8) is 0 Å². The van der Waals surface area contributed by atoms with Crippen LogP contribution in [0.5, 0.6) is 0 Å². The zero-order chi connectivity index (χ0) is 10.4. The van der Waals surface area contributed by atoms with E-state index in [9.17, 15) is 0 Å². The molecule has 0 bridgehead atoms. The van der Waals surface area contributed by atoms with E-state index in [1.165, 1.54) is 38.6 Å². The van der Waals surface area contributed by atoms with Crippen LogP contribution in [0.1, 0.15) is 46.0 Å². The molecule has 0 aromatic rings. The van der Waals surface area contributed by atoms with Crippen molar-refractivity contribution in [3.8, 4) is 0 Å². The van der Waals surface area contributed by atoms with Gasteiger partial charge in [0.1, 0.15) is 0 Å². The lowest BCUT2D eigenvalue weighted by Gasteiger charge is -2.33. The van der Waals surface area contributed by atoms with Gasteiger partial charge in [0.2, 0.25) is 0 Å². The molecule has 0 radical (unpaired) electrons. The summed E-state index contributed by atoms with van der Waals surface area (Å²) in [5.74, 6) is 1.91. The van der Waals surface area contributed by atoms with Crippen LogP contribution in [0.4, 0.5) is 0 Å². The molecule has 1 rings (SSSR count). The Labute approximate surface area is 89.0 Å². The maximum atomic E-state index is 3.37. The Morgan fingerprint density at radius 2 is 1.79 bits per heavy atom. The number of hydrogen-bond acceptors (Lipinski definition) is 2. The summed E-state index contributed by atoms with van der Waals surface area (Å²) in [5, 5.41) is 2.28.